The van der Waals surface area contributed by atoms with Crippen molar-refractivity contribution in [2.45, 2.75) is 32.2 Å². The topological polar surface area (TPSA) is 49.3 Å². The van der Waals surface area contributed by atoms with Gasteiger partial charge in [-0.1, -0.05) is 30.1 Å². The Kier molecular flexibility index (Phi) is 6.36. The molecule has 0 bridgehead atoms. The Balaban J connectivity index is 3.01. The van der Waals surface area contributed by atoms with Crippen molar-refractivity contribution in [3.8, 4) is 0 Å². The van der Waals surface area contributed by atoms with Crippen LogP contribution >= 0.6 is 45.8 Å². The molecule has 0 heterocycles. The zero-order valence-electron chi connectivity index (χ0n) is 10.8. The van der Waals surface area contributed by atoms with E-state index in [0.717, 1.165) is 6.42 Å². The van der Waals surface area contributed by atoms with Crippen LogP contribution in [0.5, 0.6) is 0 Å². The Morgan fingerprint density at radius 2 is 2.11 bits per heavy atom. The summed E-state index contributed by atoms with van der Waals surface area (Å²) in [7, 11) is 0. The Hall–Kier alpha value is -0.0400. The fraction of sp³-hybridized carbons (Fsp3) is 0.462. The SMILES string of the molecule is CCC(C)(CCO)NC(=O)c1cc(Cl)cc(Cl)c1I. The first-order valence-corrected chi connectivity index (χ1v) is 7.74. The molecule has 0 aliphatic heterocycles. The lowest BCUT2D eigenvalue weighted by molar-refractivity contribution is 0.0885. The summed E-state index contributed by atoms with van der Waals surface area (Å²) in [4.78, 5) is 12.3. The molecule has 106 valence electrons. The van der Waals surface area contributed by atoms with Gasteiger partial charge in [0, 0.05) is 20.7 Å². The third kappa shape index (κ3) is 4.48. The summed E-state index contributed by atoms with van der Waals surface area (Å²) in [5.74, 6) is -0.230. The Morgan fingerprint density at radius 3 is 2.63 bits per heavy atom. The van der Waals surface area contributed by atoms with Gasteiger partial charge < -0.3 is 10.4 Å². The molecule has 2 N–H and O–H groups in total. The Morgan fingerprint density at radius 1 is 1.47 bits per heavy atom. The summed E-state index contributed by atoms with van der Waals surface area (Å²) < 4.78 is 0.670. The van der Waals surface area contributed by atoms with Crippen molar-refractivity contribution in [3.63, 3.8) is 0 Å². The summed E-state index contributed by atoms with van der Waals surface area (Å²) in [6.45, 7) is 3.89. The highest BCUT2D eigenvalue weighted by molar-refractivity contribution is 14.1. The number of rotatable bonds is 5. The van der Waals surface area contributed by atoms with Gasteiger partial charge in [0.2, 0.25) is 0 Å². The van der Waals surface area contributed by atoms with Crippen LogP contribution in [-0.4, -0.2) is 23.2 Å². The summed E-state index contributed by atoms with van der Waals surface area (Å²) >= 11 is 14.0. The maximum Gasteiger partial charge on any atom is 0.252 e. The van der Waals surface area contributed by atoms with Crippen molar-refractivity contribution in [1.29, 1.82) is 0 Å². The van der Waals surface area contributed by atoms with Gasteiger partial charge in [-0.15, -0.1) is 0 Å². The smallest absolute Gasteiger partial charge is 0.252 e. The van der Waals surface area contributed by atoms with E-state index in [9.17, 15) is 4.79 Å². The fourth-order valence-corrected chi connectivity index (χ4v) is 2.69. The molecule has 0 radical (unpaired) electrons. The number of aliphatic hydroxyl groups excluding tert-OH is 1. The van der Waals surface area contributed by atoms with Crippen LogP contribution in [0.15, 0.2) is 12.1 Å². The third-order valence-electron chi connectivity index (χ3n) is 3.10. The van der Waals surface area contributed by atoms with Gasteiger partial charge in [-0.05, 0) is 54.5 Å². The van der Waals surface area contributed by atoms with Crippen LogP contribution in [0.3, 0.4) is 0 Å². The van der Waals surface area contributed by atoms with E-state index in [1.165, 1.54) is 0 Å². The van der Waals surface area contributed by atoms with Crippen LogP contribution in [0, 0.1) is 3.57 Å². The van der Waals surface area contributed by atoms with Crippen LogP contribution in [-0.2, 0) is 0 Å². The van der Waals surface area contributed by atoms with E-state index in [0.29, 0.717) is 25.6 Å². The highest BCUT2D eigenvalue weighted by Crippen LogP contribution is 2.27. The predicted octanol–water partition coefficient (Wildman–Crippen LogP) is 3.88. The summed E-state index contributed by atoms with van der Waals surface area (Å²) in [6, 6.07) is 3.20. The molecule has 19 heavy (non-hydrogen) atoms. The van der Waals surface area contributed by atoms with Crippen molar-refractivity contribution >= 4 is 51.7 Å². The number of benzene rings is 1. The third-order valence-corrected chi connectivity index (χ3v) is 5.09. The largest absolute Gasteiger partial charge is 0.396 e. The lowest BCUT2D eigenvalue weighted by Gasteiger charge is -2.29. The molecular formula is C13H16Cl2INO2. The van der Waals surface area contributed by atoms with Gasteiger partial charge in [-0.25, -0.2) is 0 Å². The number of hydrogen-bond acceptors (Lipinski definition) is 2. The number of hydrogen-bond donors (Lipinski definition) is 2. The second-order valence-corrected chi connectivity index (χ2v) is 6.51. The number of carbonyl (C=O) groups is 1. The number of aliphatic hydroxyl groups is 1. The lowest BCUT2D eigenvalue weighted by Crippen LogP contribution is -2.46. The van der Waals surface area contributed by atoms with E-state index in [4.69, 9.17) is 28.3 Å². The Labute approximate surface area is 136 Å². The highest BCUT2D eigenvalue weighted by atomic mass is 127. The zero-order valence-corrected chi connectivity index (χ0v) is 14.4. The van der Waals surface area contributed by atoms with E-state index in [2.05, 4.69) is 5.32 Å². The van der Waals surface area contributed by atoms with Crippen molar-refractivity contribution in [3.05, 3.63) is 31.3 Å². The molecule has 1 amide bonds. The van der Waals surface area contributed by atoms with Crippen LogP contribution in [0.2, 0.25) is 10.0 Å². The van der Waals surface area contributed by atoms with Gasteiger partial charge in [0.25, 0.3) is 5.91 Å². The number of amides is 1. The molecule has 0 aromatic heterocycles. The maximum atomic E-state index is 12.3. The van der Waals surface area contributed by atoms with Crippen molar-refractivity contribution in [2.24, 2.45) is 0 Å². The molecule has 0 spiro atoms. The summed E-state index contributed by atoms with van der Waals surface area (Å²) in [6.07, 6.45) is 1.23. The molecule has 1 atom stereocenters. The predicted molar refractivity (Wildman–Crippen MR) is 87.0 cm³/mol. The van der Waals surface area contributed by atoms with Crippen LogP contribution < -0.4 is 5.32 Å². The molecule has 0 aliphatic carbocycles. The molecule has 0 saturated heterocycles. The average molecular weight is 416 g/mol. The zero-order chi connectivity index (χ0) is 14.6. The molecule has 0 aliphatic rings. The minimum Gasteiger partial charge on any atom is -0.396 e. The van der Waals surface area contributed by atoms with Crippen LogP contribution in [0.1, 0.15) is 37.0 Å². The van der Waals surface area contributed by atoms with Crippen molar-refractivity contribution < 1.29 is 9.90 Å². The van der Waals surface area contributed by atoms with Gasteiger partial charge >= 0.3 is 0 Å². The van der Waals surface area contributed by atoms with Crippen molar-refractivity contribution in [1.82, 2.24) is 5.32 Å². The number of carbonyl (C=O) groups excluding carboxylic acids is 1. The molecule has 1 aromatic carbocycles. The lowest BCUT2D eigenvalue weighted by atomic mass is 9.94. The van der Waals surface area contributed by atoms with E-state index in [1.54, 1.807) is 12.1 Å². The molecule has 6 heteroatoms. The van der Waals surface area contributed by atoms with E-state index in [1.807, 2.05) is 36.4 Å². The molecule has 3 nitrogen and oxygen atoms in total. The molecule has 1 unspecified atom stereocenters. The van der Waals surface area contributed by atoms with Crippen molar-refractivity contribution in [2.75, 3.05) is 6.61 Å². The average Bonchev–Trinajstić information content (AvgIpc) is 2.33. The molecule has 0 fully saturated rings. The van der Waals surface area contributed by atoms with Crippen LogP contribution in [0.4, 0.5) is 0 Å². The highest BCUT2D eigenvalue weighted by Gasteiger charge is 2.25. The van der Waals surface area contributed by atoms with Gasteiger partial charge in [0.1, 0.15) is 0 Å². The monoisotopic (exact) mass is 415 g/mol. The minimum absolute atomic E-state index is 0.0258. The normalized spacial score (nSPS) is 14.0. The van der Waals surface area contributed by atoms with Gasteiger partial charge in [-0.3, -0.25) is 4.79 Å². The standard InChI is InChI=1S/C13H16Cl2INO2/c1-3-13(2,4-5-18)17-12(19)9-6-8(14)7-10(15)11(9)16/h6-7,18H,3-5H2,1-2H3,(H,17,19). The first-order valence-electron chi connectivity index (χ1n) is 5.91. The minimum atomic E-state index is -0.441. The van der Waals surface area contributed by atoms with E-state index >= 15 is 0 Å². The van der Waals surface area contributed by atoms with Gasteiger partial charge in [-0.2, -0.15) is 0 Å². The fourth-order valence-electron chi connectivity index (χ4n) is 1.64. The number of halogens is 3. The molecular weight excluding hydrogens is 400 g/mol. The maximum absolute atomic E-state index is 12.3. The quantitative estimate of drug-likeness (QED) is 0.566. The van der Waals surface area contributed by atoms with Gasteiger partial charge in [0.05, 0.1) is 10.6 Å². The first-order chi connectivity index (χ1) is 8.83. The van der Waals surface area contributed by atoms with Crippen LogP contribution in [0.25, 0.3) is 0 Å². The molecule has 1 aromatic rings. The first kappa shape index (κ1) is 17.0. The summed E-state index contributed by atoms with van der Waals surface area (Å²) in [5, 5.41) is 12.9. The molecule has 1 rings (SSSR count). The molecule has 0 saturated carbocycles. The Bertz CT molecular complexity index is 482. The summed E-state index contributed by atoms with van der Waals surface area (Å²) in [5.41, 5.74) is 0.0136. The number of nitrogens with one attached hydrogen (secondary N) is 1. The second kappa shape index (κ2) is 7.11. The van der Waals surface area contributed by atoms with E-state index in [-0.39, 0.29) is 12.5 Å². The second-order valence-electron chi connectivity index (χ2n) is 4.59. The van der Waals surface area contributed by atoms with Gasteiger partial charge in [0.15, 0.2) is 0 Å². The van der Waals surface area contributed by atoms with E-state index < -0.39 is 5.54 Å².